The topological polar surface area (TPSA) is 89.7 Å². The molecule has 6 nitrogen and oxygen atoms in total. The summed E-state index contributed by atoms with van der Waals surface area (Å²) in [6.07, 6.45) is -0.803. The highest BCUT2D eigenvalue weighted by Gasteiger charge is 2.26. The molecule has 1 rings (SSSR count). The molecule has 0 amide bonds. The van der Waals surface area contributed by atoms with E-state index in [1.807, 2.05) is 0 Å². The van der Waals surface area contributed by atoms with E-state index in [9.17, 15) is 28.1 Å². The first-order valence-electron chi connectivity index (χ1n) is 4.45. The Hall–Kier alpha value is -2.32. The SMILES string of the molecule is O=C(O)Cc1ccc(OC(F)F)c(F)c1[N+](=O)[O-]. The van der Waals surface area contributed by atoms with Crippen LogP contribution < -0.4 is 4.74 Å². The molecule has 0 unspecified atom stereocenters. The normalized spacial score (nSPS) is 10.4. The van der Waals surface area contributed by atoms with Gasteiger partial charge in [0, 0.05) is 5.56 Å². The van der Waals surface area contributed by atoms with Gasteiger partial charge in [-0.3, -0.25) is 14.9 Å². The highest BCUT2D eigenvalue weighted by molar-refractivity contribution is 5.72. The summed E-state index contributed by atoms with van der Waals surface area (Å²) in [4.78, 5) is 19.8. The van der Waals surface area contributed by atoms with Gasteiger partial charge in [-0.05, 0) is 12.1 Å². The maximum absolute atomic E-state index is 13.5. The van der Waals surface area contributed by atoms with Gasteiger partial charge in [0.2, 0.25) is 5.82 Å². The Bertz CT molecular complexity index is 491. The molecular weight excluding hydrogens is 259 g/mol. The number of carboxylic acid groups (broad SMARTS) is 1. The van der Waals surface area contributed by atoms with Gasteiger partial charge in [0.15, 0.2) is 5.75 Å². The maximum Gasteiger partial charge on any atom is 0.387 e. The molecule has 9 heteroatoms. The Labute approximate surface area is 97.7 Å². The lowest BCUT2D eigenvalue weighted by Crippen LogP contribution is -2.09. The van der Waals surface area contributed by atoms with Crippen LogP contribution in [0.3, 0.4) is 0 Å². The fourth-order valence-corrected chi connectivity index (χ4v) is 1.28. The molecule has 0 heterocycles. The molecule has 0 aliphatic rings. The van der Waals surface area contributed by atoms with Crippen molar-refractivity contribution in [2.45, 2.75) is 13.0 Å². The number of rotatable bonds is 5. The van der Waals surface area contributed by atoms with Crippen LogP contribution in [-0.2, 0) is 11.2 Å². The maximum atomic E-state index is 13.5. The first-order valence-corrected chi connectivity index (χ1v) is 4.45. The molecule has 1 N–H and O–H groups in total. The van der Waals surface area contributed by atoms with E-state index in [0.717, 1.165) is 6.07 Å². The first kappa shape index (κ1) is 13.7. The zero-order chi connectivity index (χ0) is 13.9. The number of ether oxygens (including phenoxy) is 1. The summed E-state index contributed by atoms with van der Waals surface area (Å²) < 4.78 is 41.0. The Kier molecular flexibility index (Phi) is 4.08. The van der Waals surface area contributed by atoms with E-state index in [1.165, 1.54) is 0 Å². The van der Waals surface area contributed by atoms with Crippen LogP contribution in [0.4, 0.5) is 18.9 Å². The summed E-state index contributed by atoms with van der Waals surface area (Å²) in [5.74, 6) is -4.05. The predicted molar refractivity (Wildman–Crippen MR) is 51.0 cm³/mol. The van der Waals surface area contributed by atoms with Gasteiger partial charge < -0.3 is 9.84 Å². The van der Waals surface area contributed by atoms with Gasteiger partial charge in [0.25, 0.3) is 0 Å². The Morgan fingerprint density at radius 2 is 2.11 bits per heavy atom. The number of benzene rings is 1. The van der Waals surface area contributed by atoms with Crippen molar-refractivity contribution < 1.29 is 32.7 Å². The standard InChI is InChI=1S/C9H6F3NO5/c10-7-5(18-9(11)12)2-1-4(3-6(14)15)8(7)13(16)17/h1-2,9H,3H2,(H,14,15). The average Bonchev–Trinajstić information content (AvgIpc) is 2.20. The molecule has 0 aliphatic heterocycles. The highest BCUT2D eigenvalue weighted by Crippen LogP contribution is 2.31. The predicted octanol–water partition coefficient (Wildman–Crippen LogP) is 1.96. The average molecular weight is 265 g/mol. The molecule has 0 bridgehead atoms. The van der Waals surface area contributed by atoms with E-state index in [0.29, 0.717) is 6.07 Å². The van der Waals surface area contributed by atoms with Crippen molar-refractivity contribution in [2.24, 2.45) is 0 Å². The van der Waals surface area contributed by atoms with E-state index in [4.69, 9.17) is 5.11 Å². The van der Waals surface area contributed by atoms with Crippen LogP contribution in [0.25, 0.3) is 0 Å². The fraction of sp³-hybridized carbons (Fsp3) is 0.222. The summed E-state index contributed by atoms with van der Waals surface area (Å²) in [5, 5.41) is 19.1. The van der Waals surface area contributed by atoms with Gasteiger partial charge in [-0.15, -0.1) is 0 Å². The summed E-state index contributed by atoms with van der Waals surface area (Å²) in [5.41, 5.74) is -1.62. The molecule has 0 atom stereocenters. The molecule has 98 valence electrons. The zero-order valence-electron chi connectivity index (χ0n) is 8.60. The largest absolute Gasteiger partial charge is 0.481 e. The molecule has 18 heavy (non-hydrogen) atoms. The summed E-state index contributed by atoms with van der Waals surface area (Å²) in [6, 6.07) is 1.57. The van der Waals surface area contributed by atoms with Crippen molar-refractivity contribution in [1.82, 2.24) is 0 Å². The van der Waals surface area contributed by atoms with E-state index < -0.39 is 46.7 Å². The lowest BCUT2D eigenvalue weighted by molar-refractivity contribution is -0.388. The minimum absolute atomic E-state index is 0.438. The molecule has 0 saturated carbocycles. The lowest BCUT2D eigenvalue weighted by atomic mass is 10.1. The lowest BCUT2D eigenvalue weighted by Gasteiger charge is -2.07. The summed E-state index contributed by atoms with van der Waals surface area (Å²) in [7, 11) is 0. The number of hydrogen-bond acceptors (Lipinski definition) is 4. The Balaban J connectivity index is 3.28. The third kappa shape index (κ3) is 3.09. The first-order chi connectivity index (χ1) is 8.32. The van der Waals surface area contributed by atoms with Gasteiger partial charge in [-0.1, -0.05) is 0 Å². The number of aliphatic carboxylic acids is 1. The van der Waals surface area contributed by atoms with Crippen LogP contribution in [0.5, 0.6) is 5.75 Å². The molecule has 1 aromatic rings. The second kappa shape index (κ2) is 5.34. The monoisotopic (exact) mass is 265 g/mol. The van der Waals surface area contributed by atoms with E-state index >= 15 is 0 Å². The quantitative estimate of drug-likeness (QED) is 0.649. The van der Waals surface area contributed by atoms with E-state index in [2.05, 4.69) is 4.74 Å². The smallest absolute Gasteiger partial charge is 0.387 e. The number of carboxylic acids is 1. The van der Waals surface area contributed by atoms with Crippen molar-refractivity contribution >= 4 is 11.7 Å². The molecule has 0 aromatic heterocycles. The van der Waals surface area contributed by atoms with Crippen LogP contribution >= 0.6 is 0 Å². The van der Waals surface area contributed by atoms with Gasteiger partial charge in [0.05, 0.1) is 11.3 Å². The van der Waals surface area contributed by atoms with Gasteiger partial charge in [-0.25, -0.2) is 0 Å². The molecule has 0 fully saturated rings. The third-order valence-corrected chi connectivity index (χ3v) is 1.90. The van der Waals surface area contributed by atoms with Crippen LogP contribution in [0.1, 0.15) is 5.56 Å². The molecule has 0 radical (unpaired) electrons. The number of alkyl halides is 2. The molecule has 0 aliphatic carbocycles. The van der Waals surface area contributed by atoms with E-state index in [1.54, 1.807) is 0 Å². The van der Waals surface area contributed by atoms with Crippen LogP contribution in [-0.4, -0.2) is 22.6 Å². The molecular formula is C9H6F3NO5. The Morgan fingerprint density at radius 1 is 1.50 bits per heavy atom. The molecule has 0 saturated heterocycles. The van der Waals surface area contributed by atoms with Crippen molar-refractivity contribution in [1.29, 1.82) is 0 Å². The molecule has 1 aromatic carbocycles. The fourth-order valence-electron chi connectivity index (χ4n) is 1.28. The minimum Gasteiger partial charge on any atom is -0.481 e. The van der Waals surface area contributed by atoms with Crippen molar-refractivity contribution in [2.75, 3.05) is 0 Å². The number of carbonyl (C=O) groups is 1. The minimum atomic E-state index is -3.34. The van der Waals surface area contributed by atoms with Gasteiger partial charge in [0.1, 0.15) is 0 Å². The highest BCUT2D eigenvalue weighted by atomic mass is 19.3. The van der Waals surface area contributed by atoms with Crippen molar-refractivity contribution in [3.8, 4) is 5.75 Å². The van der Waals surface area contributed by atoms with Crippen LogP contribution in [0, 0.1) is 15.9 Å². The second-order valence-electron chi connectivity index (χ2n) is 3.09. The number of hydrogen-bond donors (Lipinski definition) is 1. The summed E-state index contributed by atoms with van der Waals surface area (Å²) in [6.45, 7) is -3.34. The third-order valence-electron chi connectivity index (χ3n) is 1.90. The molecule has 0 spiro atoms. The van der Waals surface area contributed by atoms with Crippen LogP contribution in [0.15, 0.2) is 12.1 Å². The second-order valence-corrected chi connectivity index (χ2v) is 3.09. The van der Waals surface area contributed by atoms with E-state index in [-0.39, 0.29) is 0 Å². The summed E-state index contributed by atoms with van der Waals surface area (Å²) >= 11 is 0. The van der Waals surface area contributed by atoms with Crippen LogP contribution in [0.2, 0.25) is 0 Å². The number of nitrogens with zero attached hydrogens (tertiary/aromatic N) is 1. The van der Waals surface area contributed by atoms with Crippen molar-refractivity contribution in [3.63, 3.8) is 0 Å². The number of nitro groups is 1. The number of halogens is 3. The van der Waals surface area contributed by atoms with Crippen molar-refractivity contribution in [3.05, 3.63) is 33.6 Å². The zero-order valence-corrected chi connectivity index (χ0v) is 8.60. The van der Waals surface area contributed by atoms with Gasteiger partial charge in [-0.2, -0.15) is 13.2 Å². The Morgan fingerprint density at radius 3 is 2.56 bits per heavy atom. The van der Waals surface area contributed by atoms with Gasteiger partial charge >= 0.3 is 18.3 Å². The number of nitro benzene ring substituents is 1.